The summed E-state index contributed by atoms with van der Waals surface area (Å²) in [4.78, 5) is 0. The molecule has 5 unspecified atom stereocenters. The number of aliphatic hydroxyl groups excluding tert-OH is 3. The second-order valence-electron chi connectivity index (χ2n) is 4.20. The Morgan fingerprint density at radius 1 is 0.947 bits per heavy atom. The fourth-order valence-electron chi connectivity index (χ4n) is 1.62. The molecule has 1 aliphatic rings. The summed E-state index contributed by atoms with van der Waals surface area (Å²) in [5.41, 5.74) is 0. The van der Waals surface area contributed by atoms with E-state index in [0.717, 1.165) is 13.0 Å². The molecule has 1 aliphatic heterocycles. The fraction of sp³-hybridized carbons (Fsp3) is 1.00. The highest BCUT2D eigenvalue weighted by molar-refractivity contribution is 4.88. The smallest absolute Gasteiger partial charge is 0.186 e. The Labute approximate surface area is 114 Å². The van der Waals surface area contributed by atoms with Gasteiger partial charge in [0.05, 0.1) is 6.61 Å². The summed E-state index contributed by atoms with van der Waals surface area (Å²) in [7, 11) is 4.51. The fourth-order valence-corrected chi connectivity index (χ4v) is 1.62. The molecule has 0 aromatic rings. The van der Waals surface area contributed by atoms with Gasteiger partial charge < -0.3 is 34.3 Å². The number of methoxy groups -OCH3 is 3. The second-order valence-corrected chi connectivity index (χ2v) is 4.20. The second kappa shape index (κ2) is 10.5. The van der Waals surface area contributed by atoms with Gasteiger partial charge in [-0.1, -0.05) is 6.92 Å². The van der Waals surface area contributed by atoms with Crippen molar-refractivity contribution in [2.24, 2.45) is 0 Å². The zero-order valence-corrected chi connectivity index (χ0v) is 12.0. The van der Waals surface area contributed by atoms with Crippen molar-refractivity contribution in [1.29, 1.82) is 0 Å². The Balaban J connectivity index is 0.000000555. The zero-order chi connectivity index (χ0) is 14.8. The van der Waals surface area contributed by atoms with Gasteiger partial charge in [0.25, 0.3) is 0 Å². The molecule has 0 aliphatic carbocycles. The average Bonchev–Trinajstić information content (AvgIpc) is 2.41. The van der Waals surface area contributed by atoms with E-state index in [-0.39, 0.29) is 6.61 Å². The molecule has 7 heteroatoms. The molecular formula is C12H26O7. The van der Waals surface area contributed by atoms with Gasteiger partial charge in [0, 0.05) is 27.9 Å². The molecule has 0 amide bonds. The highest BCUT2D eigenvalue weighted by Gasteiger charge is 2.43. The lowest BCUT2D eigenvalue weighted by Crippen LogP contribution is -2.59. The van der Waals surface area contributed by atoms with Crippen molar-refractivity contribution in [2.45, 2.75) is 44.1 Å². The van der Waals surface area contributed by atoms with Gasteiger partial charge in [0.1, 0.15) is 24.4 Å². The molecule has 1 saturated heterocycles. The molecule has 116 valence electrons. The van der Waals surface area contributed by atoms with Gasteiger partial charge in [-0.15, -0.1) is 0 Å². The van der Waals surface area contributed by atoms with Gasteiger partial charge in [0.15, 0.2) is 6.29 Å². The minimum Gasteiger partial charge on any atom is -0.387 e. The number of ether oxygens (including phenoxy) is 4. The molecule has 0 radical (unpaired) electrons. The largest absolute Gasteiger partial charge is 0.387 e. The highest BCUT2D eigenvalue weighted by atomic mass is 16.7. The number of aliphatic hydroxyl groups is 3. The third-order valence-electron chi connectivity index (χ3n) is 2.64. The minimum absolute atomic E-state index is 0.130. The van der Waals surface area contributed by atoms with Crippen LogP contribution in [0.15, 0.2) is 0 Å². The molecule has 0 saturated carbocycles. The van der Waals surface area contributed by atoms with Crippen LogP contribution in [0.2, 0.25) is 0 Å². The Morgan fingerprint density at radius 2 is 1.58 bits per heavy atom. The van der Waals surface area contributed by atoms with Crippen LogP contribution in [0, 0.1) is 0 Å². The molecule has 7 nitrogen and oxygen atoms in total. The van der Waals surface area contributed by atoms with Crippen LogP contribution < -0.4 is 0 Å². The van der Waals surface area contributed by atoms with Crippen molar-refractivity contribution in [3.63, 3.8) is 0 Å². The molecule has 0 aromatic carbocycles. The predicted octanol–water partition coefficient (Wildman–Crippen LogP) is -0.870. The molecule has 5 atom stereocenters. The van der Waals surface area contributed by atoms with E-state index in [4.69, 9.17) is 18.9 Å². The van der Waals surface area contributed by atoms with Crippen molar-refractivity contribution in [3.05, 3.63) is 0 Å². The summed E-state index contributed by atoms with van der Waals surface area (Å²) in [5, 5.41) is 28.3. The monoisotopic (exact) mass is 282 g/mol. The first-order chi connectivity index (χ1) is 9.03. The lowest BCUT2D eigenvalue weighted by Gasteiger charge is -2.39. The van der Waals surface area contributed by atoms with Gasteiger partial charge in [-0.2, -0.15) is 0 Å². The Morgan fingerprint density at radius 3 is 1.95 bits per heavy atom. The molecule has 1 rings (SSSR count). The van der Waals surface area contributed by atoms with E-state index in [1.807, 2.05) is 0 Å². The summed E-state index contributed by atoms with van der Waals surface area (Å²) in [6.45, 7) is 3.11. The van der Waals surface area contributed by atoms with E-state index in [9.17, 15) is 15.3 Å². The van der Waals surface area contributed by atoms with Crippen LogP contribution in [0.25, 0.3) is 0 Å². The van der Waals surface area contributed by atoms with E-state index in [1.165, 1.54) is 14.2 Å². The highest BCUT2D eigenvalue weighted by Crippen LogP contribution is 2.21. The van der Waals surface area contributed by atoms with Crippen LogP contribution in [-0.4, -0.2) is 80.6 Å². The zero-order valence-electron chi connectivity index (χ0n) is 12.0. The van der Waals surface area contributed by atoms with Gasteiger partial charge >= 0.3 is 0 Å². The van der Waals surface area contributed by atoms with Crippen molar-refractivity contribution >= 4 is 0 Å². The first-order valence-corrected chi connectivity index (χ1v) is 6.23. The predicted molar refractivity (Wildman–Crippen MR) is 67.7 cm³/mol. The average molecular weight is 282 g/mol. The van der Waals surface area contributed by atoms with Gasteiger partial charge in [-0.05, 0) is 6.42 Å². The van der Waals surface area contributed by atoms with Crippen LogP contribution in [0.3, 0.4) is 0 Å². The molecule has 3 N–H and O–H groups in total. The van der Waals surface area contributed by atoms with Crippen molar-refractivity contribution in [1.82, 2.24) is 0 Å². The van der Waals surface area contributed by atoms with Crippen molar-refractivity contribution in [3.8, 4) is 0 Å². The van der Waals surface area contributed by atoms with Gasteiger partial charge in [-0.3, -0.25) is 0 Å². The van der Waals surface area contributed by atoms with Crippen LogP contribution in [0.1, 0.15) is 13.3 Å². The van der Waals surface area contributed by atoms with Crippen LogP contribution in [0.4, 0.5) is 0 Å². The molecule has 1 fully saturated rings. The normalized spacial score (nSPS) is 34.6. The number of rotatable bonds is 5. The van der Waals surface area contributed by atoms with E-state index in [2.05, 4.69) is 6.92 Å². The summed E-state index contributed by atoms with van der Waals surface area (Å²) in [6.07, 6.45) is -4.21. The minimum atomic E-state index is -1.28. The maximum absolute atomic E-state index is 9.48. The first-order valence-electron chi connectivity index (χ1n) is 6.23. The molecule has 0 spiro atoms. The van der Waals surface area contributed by atoms with E-state index >= 15 is 0 Å². The lowest BCUT2D eigenvalue weighted by atomic mass is 9.99. The van der Waals surface area contributed by atoms with Crippen LogP contribution in [-0.2, 0) is 18.9 Å². The van der Waals surface area contributed by atoms with Crippen LogP contribution >= 0.6 is 0 Å². The molecule has 19 heavy (non-hydrogen) atoms. The Hall–Kier alpha value is -0.280. The molecular weight excluding hydrogens is 256 g/mol. The first kappa shape index (κ1) is 18.7. The van der Waals surface area contributed by atoms with E-state index in [0.29, 0.717) is 0 Å². The topological polar surface area (TPSA) is 97.6 Å². The summed E-state index contributed by atoms with van der Waals surface area (Å²) in [5.74, 6) is 0. The lowest BCUT2D eigenvalue weighted by molar-refractivity contribution is -0.295. The quantitative estimate of drug-likeness (QED) is 0.603. The Bertz CT molecular complexity index is 208. The number of hydrogen-bond donors (Lipinski definition) is 3. The molecule has 0 bridgehead atoms. The summed E-state index contributed by atoms with van der Waals surface area (Å²) >= 11 is 0. The van der Waals surface area contributed by atoms with Crippen LogP contribution in [0.5, 0.6) is 0 Å². The van der Waals surface area contributed by atoms with Crippen molar-refractivity contribution < 1.29 is 34.3 Å². The summed E-state index contributed by atoms with van der Waals surface area (Å²) < 4.78 is 19.4. The Kier molecular flexibility index (Phi) is 10.3. The molecule has 1 heterocycles. The van der Waals surface area contributed by atoms with E-state index < -0.39 is 30.7 Å². The molecule has 0 aromatic heterocycles. The SMILES string of the molecule is CCCOC.COCC1OC(OC)C(O)C(O)C1O. The standard InChI is InChI=1S/C8H16O6.C4H10O/c1-12-3-4-5(9)6(10)7(11)8(13-2)14-4;1-3-4-5-2/h4-11H,3H2,1-2H3;3-4H2,1-2H3. The van der Waals surface area contributed by atoms with E-state index in [1.54, 1.807) is 7.11 Å². The van der Waals surface area contributed by atoms with Gasteiger partial charge in [0.2, 0.25) is 0 Å². The third-order valence-corrected chi connectivity index (χ3v) is 2.64. The maximum atomic E-state index is 9.48. The van der Waals surface area contributed by atoms with Gasteiger partial charge in [-0.25, -0.2) is 0 Å². The maximum Gasteiger partial charge on any atom is 0.186 e. The number of hydrogen-bond acceptors (Lipinski definition) is 7. The van der Waals surface area contributed by atoms with Crippen molar-refractivity contribution in [2.75, 3.05) is 34.5 Å². The summed E-state index contributed by atoms with van der Waals surface area (Å²) in [6, 6.07) is 0. The third kappa shape index (κ3) is 6.13.